The molecule has 0 heterocycles. The molecule has 1 aliphatic rings. The lowest BCUT2D eigenvalue weighted by Crippen LogP contribution is -2.29. The molecule has 0 aromatic heterocycles. The average Bonchev–Trinajstić information content (AvgIpc) is 2.02. The van der Waals surface area contributed by atoms with Crippen molar-refractivity contribution in [3.63, 3.8) is 0 Å². The maximum Gasteiger partial charge on any atom is 0.392 e. The van der Waals surface area contributed by atoms with Crippen LogP contribution in [0.15, 0.2) is 11.6 Å². The van der Waals surface area contributed by atoms with Crippen LogP contribution in [0.25, 0.3) is 0 Å². The molecule has 0 amide bonds. The van der Waals surface area contributed by atoms with Gasteiger partial charge in [-0.3, -0.25) is 4.79 Å². The number of halogens is 4. The first-order chi connectivity index (χ1) is 5.95. The van der Waals surface area contributed by atoms with Crippen LogP contribution in [-0.4, -0.2) is 18.6 Å². The Bertz CT molecular complexity index is 231. The van der Waals surface area contributed by atoms with Crippen LogP contribution in [0.3, 0.4) is 0 Å². The van der Waals surface area contributed by atoms with Gasteiger partial charge >= 0.3 is 6.18 Å². The maximum atomic E-state index is 12.8. The van der Waals surface area contributed by atoms with Crippen molar-refractivity contribution in [2.45, 2.75) is 25.2 Å². The molecule has 1 rings (SSSR count). The predicted octanol–water partition coefficient (Wildman–Crippen LogP) is 2.42. The molecule has 0 radical (unpaired) electrons. The van der Waals surface area contributed by atoms with Gasteiger partial charge in [0, 0.05) is 5.57 Å². The van der Waals surface area contributed by atoms with Crippen molar-refractivity contribution < 1.29 is 22.4 Å². The Morgan fingerprint density at radius 3 is 2.46 bits per heavy atom. The van der Waals surface area contributed by atoms with E-state index in [1.807, 2.05) is 0 Å². The van der Waals surface area contributed by atoms with E-state index >= 15 is 0 Å². The Labute approximate surface area is 72.4 Å². The van der Waals surface area contributed by atoms with Crippen molar-refractivity contribution in [1.82, 2.24) is 0 Å². The third-order valence-corrected chi connectivity index (χ3v) is 2.09. The fourth-order valence-corrected chi connectivity index (χ4v) is 1.28. The number of hydrogen-bond donors (Lipinski definition) is 0. The van der Waals surface area contributed by atoms with Crippen molar-refractivity contribution in [3.05, 3.63) is 11.6 Å². The number of aldehydes is 1. The van der Waals surface area contributed by atoms with Gasteiger partial charge in [-0.15, -0.1) is 0 Å². The summed E-state index contributed by atoms with van der Waals surface area (Å²) in [6.07, 6.45) is -5.75. The summed E-state index contributed by atoms with van der Waals surface area (Å²) in [5, 5.41) is 0. The lowest BCUT2D eigenvalue weighted by molar-refractivity contribution is -0.179. The minimum atomic E-state index is -4.37. The summed E-state index contributed by atoms with van der Waals surface area (Å²) in [5.41, 5.74) is -0.166. The molecule has 0 N–H and O–H groups in total. The second kappa shape index (κ2) is 3.47. The third kappa shape index (κ3) is 2.29. The number of hydrogen-bond acceptors (Lipinski definition) is 1. The molecule has 0 saturated heterocycles. The molecule has 0 bridgehead atoms. The van der Waals surface area contributed by atoms with E-state index in [2.05, 4.69) is 0 Å². The van der Waals surface area contributed by atoms with Gasteiger partial charge in [-0.1, -0.05) is 6.08 Å². The molecule has 2 atom stereocenters. The van der Waals surface area contributed by atoms with E-state index in [0.29, 0.717) is 0 Å². The number of carbonyl (C=O) groups excluding carboxylic acids is 1. The highest BCUT2D eigenvalue weighted by molar-refractivity contribution is 5.74. The number of alkyl halides is 4. The zero-order valence-electron chi connectivity index (χ0n) is 6.64. The van der Waals surface area contributed by atoms with E-state index in [4.69, 9.17) is 0 Å². The molecule has 74 valence electrons. The van der Waals surface area contributed by atoms with Crippen LogP contribution in [0.2, 0.25) is 0 Å². The second-order valence-electron chi connectivity index (χ2n) is 3.00. The van der Waals surface area contributed by atoms with Crippen molar-refractivity contribution >= 4 is 6.29 Å². The van der Waals surface area contributed by atoms with Crippen LogP contribution in [0.4, 0.5) is 17.6 Å². The molecular weight excluding hydrogens is 188 g/mol. The Morgan fingerprint density at radius 1 is 1.46 bits per heavy atom. The molecular formula is C8H8F4O. The van der Waals surface area contributed by atoms with Crippen LogP contribution < -0.4 is 0 Å². The summed E-state index contributed by atoms with van der Waals surface area (Å²) in [5.74, 6) is -1.65. The summed E-state index contributed by atoms with van der Waals surface area (Å²) >= 11 is 0. The quantitative estimate of drug-likeness (QED) is 0.465. The van der Waals surface area contributed by atoms with Crippen LogP contribution in [0.1, 0.15) is 12.8 Å². The summed E-state index contributed by atoms with van der Waals surface area (Å²) in [6.45, 7) is 0. The number of allylic oxidation sites excluding steroid dienone is 2. The van der Waals surface area contributed by atoms with E-state index in [-0.39, 0.29) is 18.3 Å². The molecule has 1 aliphatic carbocycles. The SMILES string of the molecule is O=CC1=CCC(C(F)(F)F)CC1F. The first kappa shape index (κ1) is 10.2. The molecule has 0 saturated carbocycles. The smallest absolute Gasteiger partial charge is 0.298 e. The molecule has 0 spiro atoms. The zero-order chi connectivity index (χ0) is 10.1. The summed E-state index contributed by atoms with van der Waals surface area (Å²) in [7, 11) is 0. The van der Waals surface area contributed by atoms with Crippen molar-refractivity contribution in [3.8, 4) is 0 Å². The normalized spacial score (nSPS) is 29.7. The van der Waals surface area contributed by atoms with Crippen LogP contribution >= 0.6 is 0 Å². The van der Waals surface area contributed by atoms with Gasteiger partial charge in [-0.05, 0) is 12.8 Å². The van der Waals surface area contributed by atoms with Crippen LogP contribution in [0, 0.1) is 5.92 Å². The Hall–Kier alpha value is -0.870. The fourth-order valence-electron chi connectivity index (χ4n) is 1.28. The third-order valence-electron chi connectivity index (χ3n) is 2.09. The van der Waals surface area contributed by atoms with E-state index in [1.165, 1.54) is 0 Å². The monoisotopic (exact) mass is 196 g/mol. The van der Waals surface area contributed by atoms with Crippen molar-refractivity contribution in [1.29, 1.82) is 0 Å². The van der Waals surface area contributed by atoms with Gasteiger partial charge in [0.2, 0.25) is 0 Å². The first-order valence-corrected chi connectivity index (χ1v) is 3.81. The highest BCUT2D eigenvalue weighted by atomic mass is 19.4. The molecule has 0 aromatic rings. The molecule has 5 heteroatoms. The van der Waals surface area contributed by atoms with Crippen molar-refractivity contribution in [2.24, 2.45) is 5.92 Å². The van der Waals surface area contributed by atoms with Gasteiger partial charge in [0.25, 0.3) is 0 Å². The van der Waals surface area contributed by atoms with Gasteiger partial charge in [0.15, 0.2) is 0 Å². The molecule has 1 nitrogen and oxygen atoms in total. The maximum absolute atomic E-state index is 12.8. The Morgan fingerprint density at radius 2 is 2.08 bits per heavy atom. The van der Waals surface area contributed by atoms with Gasteiger partial charge in [-0.25, -0.2) is 4.39 Å². The molecule has 13 heavy (non-hydrogen) atoms. The fraction of sp³-hybridized carbons (Fsp3) is 0.625. The Balaban J connectivity index is 2.71. The van der Waals surface area contributed by atoms with Gasteiger partial charge in [-0.2, -0.15) is 13.2 Å². The van der Waals surface area contributed by atoms with Gasteiger partial charge < -0.3 is 0 Å². The molecule has 0 aromatic carbocycles. The lowest BCUT2D eigenvalue weighted by Gasteiger charge is -2.24. The zero-order valence-corrected chi connectivity index (χ0v) is 6.64. The lowest BCUT2D eigenvalue weighted by atomic mass is 9.88. The van der Waals surface area contributed by atoms with Gasteiger partial charge in [0.05, 0.1) is 5.92 Å². The first-order valence-electron chi connectivity index (χ1n) is 3.81. The summed E-state index contributed by atoms with van der Waals surface area (Å²) in [6, 6.07) is 0. The molecule has 2 unspecified atom stereocenters. The van der Waals surface area contributed by atoms with Crippen LogP contribution in [0.5, 0.6) is 0 Å². The topological polar surface area (TPSA) is 17.1 Å². The van der Waals surface area contributed by atoms with E-state index in [1.54, 1.807) is 0 Å². The van der Waals surface area contributed by atoms with E-state index in [9.17, 15) is 22.4 Å². The number of carbonyl (C=O) groups is 1. The van der Waals surface area contributed by atoms with Crippen LogP contribution in [-0.2, 0) is 4.79 Å². The largest absolute Gasteiger partial charge is 0.392 e. The summed E-state index contributed by atoms with van der Waals surface area (Å²) < 4.78 is 49.0. The predicted molar refractivity (Wildman–Crippen MR) is 37.8 cm³/mol. The van der Waals surface area contributed by atoms with E-state index in [0.717, 1.165) is 6.08 Å². The highest BCUT2D eigenvalue weighted by Gasteiger charge is 2.42. The van der Waals surface area contributed by atoms with Crippen molar-refractivity contribution in [2.75, 3.05) is 0 Å². The van der Waals surface area contributed by atoms with E-state index < -0.39 is 24.7 Å². The number of rotatable bonds is 1. The molecule has 0 fully saturated rings. The average molecular weight is 196 g/mol. The minimum absolute atomic E-state index is 0.166. The van der Waals surface area contributed by atoms with Gasteiger partial charge in [0.1, 0.15) is 12.5 Å². The summed E-state index contributed by atoms with van der Waals surface area (Å²) in [4.78, 5) is 10.1. The highest BCUT2D eigenvalue weighted by Crippen LogP contribution is 2.37. The minimum Gasteiger partial charge on any atom is -0.298 e. The second-order valence-corrected chi connectivity index (χ2v) is 3.00. The Kier molecular flexibility index (Phi) is 2.73. The standard InChI is InChI=1S/C8H8F4O/c9-7-3-6(8(10,11)12)2-1-5(7)4-13/h1,4,6-7H,2-3H2. The molecule has 0 aliphatic heterocycles.